The number of fused-ring (bicyclic) bond motifs is 2. The normalized spacial score (nSPS) is 14.6. The van der Waals surface area contributed by atoms with Crippen molar-refractivity contribution in [3.63, 3.8) is 0 Å². The van der Waals surface area contributed by atoms with Gasteiger partial charge in [0.25, 0.3) is 0 Å². The number of rotatable bonds is 3. The molecule has 0 bridgehead atoms. The van der Waals surface area contributed by atoms with Gasteiger partial charge in [0.1, 0.15) is 5.60 Å². The molecule has 1 amide bonds. The Kier molecular flexibility index (Phi) is 3.80. The maximum Gasteiger partial charge on any atom is 0.222 e. The third-order valence-corrected chi connectivity index (χ3v) is 4.26. The number of aromatic nitrogens is 1. The number of carbonyl (C=O) groups excluding carboxylic acids is 1. The first-order valence-corrected chi connectivity index (χ1v) is 8.57. The van der Waals surface area contributed by atoms with E-state index in [-0.39, 0.29) is 11.5 Å². The number of nitrogens with zero attached hydrogens (tertiary/aromatic N) is 1. The number of para-hydroxylation sites is 2. The van der Waals surface area contributed by atoms with Gasteiger partial charge in [-0.1, -0.05) is 30.3 Å². The van der Waals surface area contributed by atoms with Crippen molar-refractivity contribution in [3.8, 4) is 17.2 Å². The molecule has 4 rings (SSSR count). The first-order chi connectivity index (χ1) is 12.4. The third-order valence-electron chi connectivity index (χ3n) is 4.26. The summed E-state index contributed by atoms with van der Waals surface area (Å²) >= 11 is 0. The maximum absolute atomic E-state index is 11.6. The molecule has 0 unspecified atom stereocenters. The number of hydrogen-bond acceptors (Lipinski definition) is 4. The summed E-state index contributed by atoms with van der Waals surface area (Å²) < 4.78 is 12.2. The Morgan fingerprint density at radius 1 is 1.15 bits per heavy atom. The average molecular weight is 348 g/mol. The van der Waals surface area contributed by atoms with Crippen molar-refractivity contribution in [1.82, 2.24) is 4.98 Å². The van der Waals surface area contributed by atoms with E-state index in [0.29, 0.717) is 17.3 Å². The average Bonchev–Trinajstić information content (AvgIpc) is 2.90. The van der Waals surface area contributed by atoms with Crippen LogP contribution in [0.2, 0.25) is 0 Å². The fraction of sp³-hybridized carbons (Fsp3) is 0.238. The van der Waals surface area contributed by atoms with E-state index in [0.717, 1.165) is 28.6 Å². The summed E-state index contributed by atoms with van der Waals surface area (Å²) in [6.07, 6.45) is 0.827. The highest BCUT2D eigenvalue weighted by Crippen LogP contribution is 2.44. The van der Waals surface area contributed by atoms with E-state index in [4.69, 9.17) is 9.47 Å². The largest absolute Gasteiger partial charge is 0.483 e. The van der Waals surface area contributed by atoms with Crippen LogP contribution in [0, 0.1) is 0 Å². The SMILES string of the molecule is CC(=O)Nc1nc2ccccc2cc1Oc1cccc2c1OC(C)(C)C2. The number of amides is 1. The highest BCUT2D eigenvalue weighted by Gasteiger charge is 2.32. The second kappa shape index (κ2) is 6.02. The number of anilines is 1. The minimum Gasteiger partial charge on any atom is -0.483 e. The van der Waals surface area contributed by atoms with E-state index in [1.165, 1.54) is 6.92 Å². The zero-order valence-electron chi connectivity index (χ0n) is 15.0. The first-order valence-electron chi connectivity index (χ1n) is 8.57. The standard InChI is InChI=1S/C21H20N2O3/c1-13(24)22-20-18(11-14-7-4-5-9-16(14)23-20)25-17-10-6-8-15-12-21(2,3)26-19(15)17/h4-11H,12H2,1-3H3,(H,22,23,24). The summed E-state index contributed by atoms with van der Waals surface area (Å²) in [5.74, 6) is 2.05. The Morgan fingerprint density at radius 2 is 1.96 bits per heavy atom. The molecule has 2 heterocycles. The van der Waals surface area contributed by atoms with Crippen LogP contribution in [-0.2, 0) is 11.2 Å². The third kappa shape index (κ3) is 3.08. The van der Waals surface area contributed by atoms with Crippen LogP contribution in [0.4, 0.5) is 5.82 Å². The van der Waals surface area contributed by atoms with Crippen molar-refractivity contribution in [2.75, 3.05) is 5.32 Å². The molecule has 1 N–H and O–H groups in total. The van der Waals surface area contributed by atoms with Gasteiger partial charge in [0.2, 0.25) is 5.91 Å². The minimum atomic E-state index is -0.260. The molecule has 2 aromatic carbocycles. The van der Waals surface area contributed by atoms with Gasteiger partial charge in [-0.25, -0.2) is 4.98 Å². The van der Waals surface area contributed by atoms with Crippen LogP contribution in [0.25, 0.3) is 10.9 Å². The van der Waals surface area contributed by atoms with Gasteiger partial charge < -0.3 is 14.8 Å². The monoisotopic (exact) mass is 348 g/mol. The summed E-state index contributed by atoms with van der Waals surface area (Å²) in [6.45, 7) is 5.56. The van der Waals surface area contributed by atoms with Crippen LogP contribution < -0.4 is 14.8 Å². The Morgan fingerprint density at radius 3 is 2.77 bits per heavy atom. The number of hydrogen-bond donors (Lipinski definition) is 1. The summed E-state index contributed by atoms with van der Waals surface area (Å²) in [6, 6.07) is 15.5. The summed E-state index contributed by atoms with van der Waals surface area (Å²) in [7, 11) is 0. The predicted molar refractivity (Wildman–Crippen MR) is 101 cm³/mol. The van der Waals surface area contributed by atoms with Crippen LogP contribution in [0.1, 0.15) is 26.3 Å². The molecule has 3 aromatic rings. The zero-order valence-corrected chi connectivity index (χ0v) is 15.0. The molecule has 0 aliphatic carbocycles. The van der Waals surface area contributed by atoms with E-state index in [1.54, 1.807) is 0 Å². The van der Waals surface area contributed by atoms with Crippen molar-refractivity contribution in [2.45, 2.75) is 32.8 Å². The molecule has 5 heteroatoms. The van der Waals surface area contributed by atoms with Gasteiger partial charge in [0, 0.05) is 24.3 Å². The van der Waals surface area contributed by atoms with E-state index in [1.807, 2.05) is 48.5 Å². The molecule has 26 heavy (non-hydrogen) atoms. The fourth-order valence-electron chi connectivity index (χ4n) is 3.22. The molecular weight excluding hydrogens is 328 g/mol. The number of pyridine rings is 1. The summed E-state index contributed by atoms with van der Waals surface area (Å²) in [5, 5.41) is 3.69. The topological polar surface area (TPSA) is 60.5 Å². The summed E-state index contributed by atoms with van der Waals surface area (Å²) in [4.78, 5) is 16.1. The highest BCUT2D eigenvalue weighted by molar-refractivity contribution is 5.92. The highest BCUT2D eigenvalue weighted by atomic mass is 16.5. The zero-order chi connectivity index (χ0) is 18.3. The van der Waals surface area contributed by atoms with Crippen LogP contribution in [0.5, 0.6) is 17.2 Å². The van der Waals surface area contributed by atoms with E-state index < -0.39 is 0 Å². The maximum atomic E-state index is 11.6. The van der Waals surface area contributed by atoms with Gasteiger partial charge >= 0.3 is 0 Å². The molecule has 1 aliphatic rings. The minimum absolute atomic E-state index is 0.201. The second-order valence-corrected chi connectivity index (χ2v) is 7.09. The van der Waals surface area contributed by atoms with E-state index in [2.05, 4.69) is 24.1 Å². The lowest BCUT2D eigenvalue weighted by molar-refractivity contribution is -0.114. The van der Waals surface area contributed by atoms with Crippen LogP contribution in [0.3, 0.4) is 0 Å². The quantitative estimate of drug-likeness (QED) is 0.745. The van der Waals surface area contributed by atoms with Crippen molar-refractivity contribution >= 4 is 22.6 Å². The molecule has 0 saturated carbocycles. The van der Waals surface area contributed by atoms with Crippen molar-refractivity contribution < 1.29 is 14.3 Å². The lowest BCUT2D eigenvalue weighted by Gasteiger charge is -2.18. The molecule has 0 radical (unpaired) electrons. The number of ether oxygens (including phenoxy) is 2. The molecular formula is C21H20N2O3. The Hall–Kier alpha value is -3.08. The predicted octanol–water partition coefficient (Wildman–Crippen LogP) is 4.70. The molecule has 5 nitrogen and oxygen atoms in total. The molecule has 0 saturated heterocycles. The number of nitrogens with one attached hydrogen (secondary N) is 1. The Bertz CT molecular complexity index is 1010. The van der Waals surface area contributed by atoms with Crippen LogP contribution >= 0.6 is 0 Å². The van der Waals surface area contributed by atoms with Gasteiger partial charge in [-0.3, -0.25) is 4.79 Å². The number of benzene rings is 2. The molecule has 132 valence electrons. The van der Waals surface area contributed by atoms with Crippen LogP contribution in [-0.4, -0.2) is 16.5 Å². The molecule has 1 aromatic heterocycles. The van der Waals surface area contributed by atoms with Crippen LogP contribution in [0.15, 0.2) is 48.5 Å². The molecule has 0 spiro atoms. The van der Waals surface area contributed by atoms with Gasteiger partial charge in [-0.2, -0.15) is 0 Å². The smallest absolute Gasteiger partial charge is 0.222 e. The number of carbonyl (C=O) groups is 1. The van der Waals surface area contributed by atoms with E-state index in [9.17, 15) is 4.79 Å². The fourth-order valence-corrected chi connectivity index (χ4v) is 3.22. The molecule has 0 atom stereocenters. The Labute approximate surface area is 152 Å². The summed E-state index contributed by atoms with van der Waals surface area (Å²) in [5.41, 5.74) is 1.64. The van der Waals surface area contributed by atoms with Crippen molar-refractivity contribution in [1.29, 1.82) is 0 Å². The molecule has 0 fully saturated rings. The second-order valence-electron chi connectivity index (χ2n) is 7.09. The van der Waals surface area contributed by atoms with Gasteiger partial charge in [-0.05, 0) is 32.0 Å². The lowest BCUT2D eigenvalue weighted by atomic mass is 10.0. The van der Waals surface area contributed by atoms with Crippen molar-refractivity contribution in [3.05, 3.63) is 54.1 Å². The van der Waals surface area contributed by atoms with Gasteiger partial charge in [0.05, 0.1) is 5.52 Å². The van der Waals surface area contributed by atoms with Gasteiger partial charge in [0.15, 0.2) is 23.1 Å². The lowest BCUT2D eigenvalue weighted by Crippen LogP contribution is -2.24. The van der Waals surface area contributed by atoms with Gasteiger partial charge in [-0.15, -0.1) is 0 Å². The van der Waals surface area contributed by atoms with Crippen molar-refractivity contribution in [2.24, 2.45) is 0 Å². The molecule has 1 aliphatic heterocycles. The first kappa shape index (κ1) is 16.4. The van der Waals surface area contributed by atoms with E-state index >= 15 is 0 Å². The Balaban J connectivity index is 1.78.